The molecule has 0 bridgehead atoms. The van der Waals surface area contributed by atoms with E-state index in [1.807, 2.05) is 17.0 Å². The summed E-state index contributed by atoms with van der Waals surface area (Å²) in [6.45, 7) is 1.35. The first-order valence-electron chi connectivity index (χ1n) is 6.92. The monoisotopic (exact) mass is 301 g/mol. The second-order valence-electron chi connectivity index (χ2n) is 5.19. The molecule has 3 rings (SSSR count). The highest BCUT2D eigenvalue weighted by molar-refractivity contribution is 6.33. The van der Waals surface area contributed by atoms with E-state index in [-0.39, 0.29) is 11.7 Å². The van der Waals surface area contributed by atoms with Crippen molar-refractivity contribution in [1.29, 1.82) is 0 Å². The number of nitrogens with zero attached hydrogens (tertiary/aromatic N) is 2. The molecule has 2 aromatic rings. The molecular weight excluding hydrogens is 286 g/mol. The molecular formula is C16H16ClN3O. The van der Waals surface area contributed by atoms with Crippen molar-refractivity contribution in [3.63, 3.8) is 0 Å². The van der Waals surface area contributed by atoms with Gasteiger partial charge in [0.1, 0.15) is 5.82 Å². The first-order valence-corrected chi connectivity index (χ1v) is 7.30. The quantitative estimate of drug-likeness (QED) is 0.881. The standard InChI is InChI=1S/C16H16ClN3O/c17-14-8-13(9-19-15(14)18)16(21)20-7-3-6-11-4-1-2-5-12(11)10-20/h1-2,4-5,8-9H,3,6-7,10H2,(H2,18,19). The summed E-state index contributed by atoms with van der Waals surface area (Å²) < 4.78 is 0. The van der Waals surface area contributed by atoms with E-state index >= 15 is 0 Å². The van der Waals surface area contributed by atoms with Gasteiger partial charge >= 0.3 is 0 Å². The zero-order valence-electron chi connectivity index (χ0n) is 11.6. The lowest BCUT2D eigenvalue weighted by Crippen LogP contribution is -2.30. The number of nitrogen functional groups attached to an aromatic ring is 1. The van der Waals surface area contributed by atoms with Crippen LogP contribution >= 0.6 is 11.6 Å². The number of nitrogens with two attached hydrogens (primary N) is 1. The Hall–Kier alpha value is -2.07. The molecule has 1 aromatic carbocycles. The molecule has 1 aliphatic heterocycles. The largest absolute Gasteiger partial charge is 0.382 e. The SMILES string of the molecule is Nc1ncc(C(=O)N2CCCc3ccccc3C2)cc1Cl. The van der Waals surface area contributed by atoms with Crippen molar-refractivity contribution in [2.75, 3.05) is 12.3 Å². The molecule has 0 atom stereocenters. The van der Waals surface area contributed by atoms with Crippen LogP contribution in [0, 0.1) is 0 Å². The van der Waals surface area contributed by atoms with Gasteiger partial charge in [-0.15, -0.1) is 0 Å². The molecule has 4 nitrogen and oxygen atoms in total. The van der Waals surface area contributed by atoms with Gasteiger partial charge in [-0.25, -0.2) is 4.98 Å². The van der Waals surface area contributed by atoms with Crippen LogP contribution in [-0.4, -0.2) is 22.3 Å². The summed E-state index contributed by atoms with van der Waals surface area (Å²) >= 11 is 5.95. The number of hydrogen-bond acceptors (Lipinski definition) is 3. The van der Waals surface area contributed by atoms with Crippen molar-refractivity contribution < 1.29 is 4.79 Å². The number of aromatic nitrogens is 1. The van der Waals surface area contributed by atoms with Crippen molar-refractivity contribution in [3.05, 3.63) is 58.2 Å². The maximum Gasteiger partial charge on any atom is 0.255 e. The molecule has 0 aliphatic carbocycles. The molecule has 0 saturated heterocycles. The van der Waals surface area contributed by atoms with Crippen LogP contribution in [0.15, 0.2) is 36.5 Å². The fraction of sp³-hybridized carbons (Fsp3) is 0.250. The lowest BCUT2D eigenvalue weighted by atomic mass is 10.0. The fourth-order valence-corrected chi connectivity index (χ4v) is 2.79. The van der Waals surface area contributed by atoms with Gasteiger partial charge in [-0.1, -0.05) is 35.9 Å². The number of halogens is 1. The predicted octanol–water partition coefficient (Wildman–Crippen LogP) is 2.91. The Labute approximate surface area is 128 Å². The topological polar surface area (TPSA) is 59.2 Å². The van der Waals surface area contributed by atoms with Gasteiger partial charge in [0.05, 0.1) is 10.6 Å². The number of pyridine rings is 1. The third-order valence-electron chi connectivity index (χ3n) is 3.76. The number of benzene rings is 1. The Morgan fingerprint density at radius 2 is 2.05 bits per heavy atom. The summed E-state index contributed by atoms with van der Waals surface area (Å²) in [6.07, 6.45) is 3.44. The van der Waals surface area contributed by atoms with E-state index in [4.69, 9.17) is 17.3 Å². The predicted molar refractivity (Wildman–Crippen MR) is 83.2 cm³/mol. The van der Waals surface area contributed by atoms with Crippen LogP contribution in [0.1, 0.15) is 27.9 Å². The summed E-state index contributed by atoms with van der Waals surface area (Å²) in [5, 5.41) is 0.316. The lowest BCUT2D eigenvalue weighted by molar-refractivity contribution is 0.0745. The molecule has 2 heterocycles. The molecule has 0 unspecified atom stereocenters. The number of anilines is 1. The highest BCUT2D eigenvalue weighted by Gasteiger charge is 2.20. The molecule has 5 heteroatoms. The van der Waals surface area contributed by atoms with E-state index in [1.54, 1.807) is 6.07 Å². The van der Waals surface area contributed by atoms with E-state index in [0.717, 1.165) is 19.4 Å². The molecule has 1 aliphatic rings. The van der Waals surface area contributed by atoms with Gasteiger partial charge < -0.3 is 10.6 Å². The zero-order valence-corrected chi connectivity index (χ0v) is 12.3. The molecule has 1 amide bonds. The van der Waals surface area contributed by atoms with Gasteiger partial charge in [0.15, 0.2) is 0 Å². The minimum absolute atomic E-state index is 0.0545. The van der Waals surface area contributed by atoms with E-state index in [2.05, 4.69) is 17.1 Å². The van der Waals surface area contributed by atoms with Crippen molar-refractivity contribution in [3.8, 4) is 0 Å². The maximum atomic E-state index is 12.6. The average Bonchev–Trinajstić information content (AvgIpc) is 2.71. The van der Waals surface area contributed by atoms with Crippen LogP contribution in [0.5, 0.6) is 0 Å². The Bertz CT molecular complexity index is 687. The van der Waals surface area contributed by atoms with Crippen LogP contribution in [-0.2, 0) is 13.0 Å². The highest BCUT2D eigenvalue weighted by atomic mass is 35.5. The number of carbonyl (C=O) groups excluding carboxylic acids is 1. The smallest absolute Gasteiger partial charge is 0.255 e. The molecule has 21 heavy (non-hydrogen) atoms. The van der Waals surface area contributed by atoms with Gasteiger partial charge in [0.2, 0.25) is 0 Å². The van der Waals surface area contributed by atoms with Gasteiger partial charge in [-0.2, -0.15) is 0 Å². The van der Waals surface area contributed by atoms with Gasteiger partial charge in [0, 0.05) is 19.3 Å². The van der Waals surface area contributed by atoms with Crippen LogP contribution in [0.25, 0.3) is 0 Å². The normalized spacial score (nSPS) is 14.4. The summed E-state index contributed by atoms with van der Waals surface area (Å²) in [4.78, 5) is 18.4. The first-order chi connectivity index (χ1) is 10.1. The van der Waals surface area contributed by atoms with Crippen LogP contribution in [0.4, 0.5) is 5.82 Å². The van der Waals surface area contributed by atoms with E-state index in [1.165, 1.54) is 17.3 Å². The number of amides is 1. The molecule has 2 N–H and O–H groups in total. The van der Waals surface area contributed by atoms with Gasteiger partial charge in [0.25, 0.3) is 5.91 Å². The third-order valence-corrected chi connectivity index (χ3v) is 4.06. The number of aryl methyl sites for hydroxylation is 1. The van der Waals surface area contributed by atoms with Crippen molar-refractivity contribution >= 4 is 23.3 Å². The molecule has 108 valence electrons. The zero-order chi connectivity index (χ0) is 14.8. The second kappa shape index (κ2) is 5.74. The van der Waals surface area contributed by atoms with Crippen molar-refractivity contribution in [2.24, 2.45) is 0 Å². The minimum atomic E-state index is -0.0545. The molecule has 0 saturated carbocycles. The van der Waals surface area contributed by atoms with Gasteiger partial charge in [-0.05, 0) is 30.0 Å². The van der Waals surface area contributed by atoms with Crippen LogP contribution in [0.2, 0.25) is 5.02 Å². The Morgan fingerprint density at radius 1 is 1.29 bits per heavy atom. The summed E-state index contributed by atoms with van der Waals surface area (Å²) in [5.74, 6) is 0.190. The third kappa shape index (κ3) is 2.85. The number of hydrogen-bond donors (Lipinski definition) is 1. The van der Waals surface area contributed by atoms with Crippen LogP contribution < -0.4 is 5.73 Å². The Kier molecular flexibility index (Phi) is 3.80. The van der Waals surface area contributed by atoms with E-state index < -0.39 is 0 Å². The van der Waals surface area contributed by atoms with Crippen molar-refractivity contribution in [2.45, 2.75) is 19.4 Å². The summed E-state index contributed by atoms with van der Waals surface area (Å²) in [5.41, 5.74) is 8.59. The summed E-state index contributed by atoms with van der Waals surface area (Å²) in [7, 11) is 0. The highest BCUT2D eigenvalue weighted by Crippen LogP contribution is 2.22. The average molecular weight is 302 g/mol. The van der Waals surface area contributed by atoms with E-state index in [0.29, 0.717) is 17.1 Å². The van der Waals surface area contributed by atoms with E-state index in [9.17, 15) is 4.79 Å². The van der Waals surface area contributed by atoms with Gasteiger partial charge in [-0.3, -0.25) is 4.79 Å². The Morgan fingerprint density at radius 3 is 2.81 bits per heavy atom. The first kappa shape index (κ1) is 13.9. The number of carbonyl (C=O) groups is 1. The molecule has 0 radical (unpaired) electrons. The summed E-state index contributed by atoms with van der Waals surface area (Å²) in [6, 6.07) is 9.84. The molecule has 0 spiro atoms. The second-order valence-corrected chi connectivity index (χ2v) is 5.60. The molecule has 0 fully saturated rings. The maximum absolute atomic E-state index is 12.6. The number of rotatable bonds is 1. The lowest BCUT2D eigenvalue weighted by Gasteiger charge is -2.21. The van der Waals surface area contributed by atoms with Crippen molar-refractivity contribution in [1.82, 2.24) is 9.88 Å². The fourth-order valence-electron chi connectivity index (χ4n) is 2.62. The minimum Gasteiger partial charge on any atom is -0.382 e. The van der Waals surface area contributed by atoms with Crippen LogP contribution in [0.3, 0.4) is 0 Å². The Balaban J connectivity index is 1.86. The number of fused-ring (bicyclic) bond motifs is 1. The molecule has 1 aromatic heterocycles.